The Morgan fingerprint density at radius 3 is 2.40 bits per heavy atom. The fourth-order valence-electron chi connectivity index (χ4n) is 2.72. The number of ether oxygens (including phenoxy) is 2. The van der Waals surface area contributed by atoms with E-state index in [1.54, 1.807) is 48.5 Å². The van der Waals surface area contributed by atoms with Gasteiger partial charge < -0.3 is 20.1 Å². The summed E-state index contributed by atoms with van der Waals surface area (Å²) >= 11 is 0. The topological polar surface area (TPSA) is 111 Å². The van der Waals surface area contributed by atoms with Gasteiger partial charge in [-0.25, -0.2) is 9.97 Å². The van der Waals surface area contributed by atoms with Crippen LogP contribution in [0, 0.1) is 10.1 Å². The minimum absolute atomic E-state index is 0.0570. The van der Waals surface area contributed by atoms with E-state index < -0.39 is 4.92 Å². The van der Waals surface area contributed by atoms with Crippen molar-refractivity contribution in [3.05, 3.63) is 65.0 Å². The SMILES string of the molecule is CCCCOc1ccc(Nc2ncnc(Nc3ccccc3OC)c2[N+](=O)[O-])cc1. The summed E-state index contributed by atoms with van der Waals surface area (Å²) in [6.45, 7) is 2.75. The number of nitrogens with one attached hydrogen (secondary N) is 2. The van der Waals surface area contributed by atoms with Crippen LogP contribution in [0.3, 0.4) is 0 Å². The summed E-state index contributed by atoms with van der Waals surface area (Å²) < 4.78 is 10.9. The summed E-state index contributed by atoms with van der Waals surface area (Å²) in [7, 11) is 1.53. The third-order valence-corrected chi connectivity index (χ3v) is 4.25. The molecule has 0 aliphatic rings. The minimum Gasteiger partial charge on any atom is -0.495 e. The Hall–Kier alpha value is -3.88. The van der Waals surface area contributed by atoms with Crippen molar-refractivity contribution in [2.45, 2.75) is 19.8 Å². The summed E-state index contributed by atoms with van der Waals surface area (Å²) in [6, 6.07) is 14.3. The van der Waals surface area contributed by atoms with Crippen molar-refractivity contribution >= 4 is 28.7 Å². The first-order chi connectivity index (χ1) is 14.6. The number of aromatic nitrogens is 2. The molecule has 2 N–H and O–H groups in total. The van der Waals surface area contributed by atoms with Gasteiger partial charge in [-0.15, -0.1) is 0 Å². The van der Waals surface area contributed by atoms with E-state index in [0.717, 1.165) is 18.6 Å². The number of nitro groups is 1. The van der Waals surface area contributed by atoms with Crippen molar-refractivity contribution in [3.63, 3.8) is 0 Å². The van der Waals surface area contributed by atoms with Crippen LogP contribution >= 0.6 is 0 Å². The first kappa shape index (κ1) is 20.8. The Morgan fingerprint density at radius 2 is 1.73 bits per heavy atom. The average Bonchev–Trinajstić information content (AvgIpc) is 2.75. The van der Waals surface area contributed by atoms with Crippen molar-refractivity contribution in [1.82, 2.24) is 9.97 Å². The predicted octanol–water partition coefficient (Wildman–Crippen LogP) is 5.06. The number of anilines is 4. The summed E-state index contributed by atoms with van der Waals surface area (Å²) in [5.74, 6) is 1.41. The molecule has 0 aliphatic heterocycles. The van der Waals surface area contributed by atoms with Crippen LogP contribution in [0.5, 0.6) is 11.5 Å². The Balaban J connectivity index is 1.83. The normalized spacial score (nSPS) is 10.3. The summed E-state index contributed by atoms with van der Waals surface area (Å²) in [6.07, 6.45) is 3.30. The second-order valence-corrected chi connectivity index (χ2v) is 6.35. The van der Waals surface area contributed by atoms with E-state index in [2.05, 4.69) is 27.5 Å². The van der Waals surface area contributed by atoms with Gasteiger partial charge in [0.2, 0.25) is 11.6 Å². The largest absolute Gasteiger partial charge is 0.495 e. The molecule has 0 aliphatic carbocycles. The van der Waals surface area contributed by atoms with Crippen molar-refractivity contribution in [2.24, 2.45) is 0 Å². The van der Waals surface area contributed by atoms with Crippen molar-refractivity contribution in [3.8, 4) is 11.5 Å². The van der Waals surface area contributed by atoms with Crippen molar-refractivity contribution < 1.29 is 14.4 Å². The third-order valence-electron chi connectivity index (χ3n) is 4.25. The zero-order chi connectivity index (χ0) is 21.3. The van der Waals surface area contributed by atoms with Gasteiger partial charge in [0.25, 0.3) is 0 Å². The maximum atomic E-state index is 11.8. The molecule has 0 radical (unpaired) electrons. The molecule has 0 spiro atoms. The van der Waals surface area contributed by atoms with Gasteiger partial charge in [0.05, 0.1) is 24.3 Å². The Labute approximate surface area is 174 Å². The summed E-state index contributed by atoms with van der Waals surface area (Å²) in [4.78, 5) is 19.4. The monoisotopic (exact) mass is 409 g/mol. The zero-order valence-corrected chi connectivity index (χ0v) is 16.8. The third kappa shape index (κ3) is 5.13. The fraction of sp³-hybridized carbons (Fsp3) is 0.238. The molecule has 0 amide bonds. The molecule has 0 saturated heterocycles. The van der Waals surface area contributed by atoms with Crippen molar-refractivity contribution in [2.75, 3.05) is 24.4 Å². The number of rotatable bonds is 10. The average molecular weight is 409 g/mol. The van der Waals surface area contributed by atoms with E-state index in [4.69, 9.17) is 9.47 Å². The van der Waals surface area contributed by atoms with Crippen LogP contribution < -0.4 is 20.1 Å². The lowest BCUT2D eigenvalue weighted by atomic mass is 10.2. The van der Waals surface area contributed by atoms with Crippen LogP contribution in [0.25, 0.3) is 0 Å². The van der Waals surface area contributed by atoms with Crippen molar-refractivity contribution in [1.29, 1.82) is 0 Å². The molecule has 0 saturated carbocycles. The fourth-order valence-corrected chi connectivity index (χ4v) is 2.72. The van der Waals surface area contributed by atoms with Gasteiger partial charge in [-0.1, -0.05) is 25.5 Å². The van der Waals surface area contributed by atoms with Crippen LogP contribution in [0.4, 0.5) is 28.7 Å². The van der Waals surface area contributed by atoms with Gasteiger partial charge in [0, 0.05) is 5.69 Å². The van der Waals surface area contributed by atoms with Gasteiger partial charge in [-0.2, -0.15) is 0 Å². The summed E-state index contributed by atoms with van der Waals surface area (Å²) in [5, 5.41) is 17.7. The molecule has 3 rings (SSSR count). The number of para-hydroxylation sites is 2. The lowest BCUT2D eigenvalue weighted by Gasteiger charge is -2.12. The smallest absolute Gasteiger partial charge is 0.353 e. The molecular formula is C21H23N5O4. The number of methoxy groups -OCH3 is 1. The minimum atomic E-state index is -0.525. The predicted molar refractivity (Wildman–Crippen MR) is 115 cm³/mol. The standard InChI is InChI=1S/C21H23N5O4/c1-3-4-13-30-16-11-9-15(10-12-16)24-20-19(26(27)28)21(23-14-22-20)25-17-7-5-6-8-18(17)29-2/h5-12,14H,3-4,13H2,1-2H3,(H2,22,23,24,25). The number of hydrogen-bond donors (Lipinski definition) is 2. The number of nitrogens with zero attached hydrogens (tertiary/aromatic N) is 3. The maximum absolute atomic E-state index is 11.8. The van der Waals surface area contributed by atoms with E-state index in [0.29, 0.717) is 23.7 Å². The van der Waals surface area contributed by atoms with Crippen LogP contribution in [0.1, 0.15) is 19.8 Å². The van der Waals surface area contributed by atoms with Gasteiger partial charge in [0.1, 0.15) is 17.8 Å². The lowest BCUT2D eigenvalue weighted by molar-refractivity contribution is -0.383. The Morgan fingerprint density at radius 1 is 1.03 bits per heavy atom. The quantitative estimate of drug-likeness (QED) is 0.271. The highest BCUT2D eigenvalue weighted by Crippen LogP contribution is 2.35. The summed E-state index contributed by atoms with van der Waals surface area (Å²) in [5.41, 5.74) is 0.927. The molecule has 156 valence electrons. The Kier molecular flexibility index (Phi) is 6.99. The lowest BCUT2D eigenvalue weighted by Crippen LogP contribution is -2.06. The van der Waals surface area contributed by atoms with Crippen LogP contribution in [0.2, 0.25) is 0 Å². The number of unbranched alkanes of at least 4 members (excludes halogenated alkanes) is 1. The van der Waals surface area contributed by atoms with E-state index in [9.17, 15) is 10.1 Å². The van der Waals surface area contributed by atoms with E-state index in [1.807, 2.05) is 0 Å². The molecule has 0 fully saturated rings. The van der Waals surface area contributed by atoms with Crippen LogP contribution in [-0.4, -0.2) is 28.6 Å². The highest BCUT2D eigenvalue weighted by molar-refractivity contribution is 5.78. The van der Waals surface area contributed by atoms with Gasteiger partial charge in [-0.3, -0.25) is 10.1 Å². The molecule has 9 heteroatoms. The Bertz CT molecular complexity index is 995. The highest BCUT2D eigenvalue weighted by Gasteiger charge is 2.24. The zero-order valence-electron chi connectivity index (χ0n) is 16.8. The molecule has 0 bridgehead atoms. The molecule has 2 aromatic carbocycles. The second-order valence-electron chi connectivity index (χ2n) is 6.35. The molecule has 0 unspecified atom stereocenters. The van der Waals surface area contributed by atoms with Gasteiger partial charge in [0.15, 0.2) is 0 Å². The second kappa shape index (κ2) is 10.1. The highest BCUT2D eigenvalue weighted by atomic mass is 16.6. The van der Waals surface area contributed by atoms with Crippen LogP contribution in [0.15, 0.2) is 54.9 Å². The molecule has 3 aromatic rings. The van der Waals surface area contributed by atoms with E-state index in [1.165, 1.54) is 13.4 Å². The molecule has 0 atom stereocenters. The first-order valence-electron chi connectivity index (χ1n) is 9.51. The van der Waals surface area contributed by atoms with Crippen LogP contribution in [-0.2, 0) is 0 Å². The van der Waals surface area contributed by atoms with Gasteiger partial charge in [-0.05, 0) is 42.8 Å². The molecule has 9 nitrogen and oxygen atoms in total. The van der Waals surface area contributed by atoms with E-state index >= 15 is 0 Å². The van der Waals surface area contributed by atoms with Gasteiger partial charge >= 0.3 is 5.69 Å². The first-order valence-corrected chi connectivity index (χ1v) is 9.51. The van der Waals surface area contributed by atoms with E-state index in [-0.39, 0.29) is 17.3 Å². The molecular weight excluding hydrogens is 386 g/mol. The number of benzene rings is 2. The maximum Gasteiger partial charge on any atom is 0.353 e. The molecule has 1 heterocycles. The molecule has 30 heavy (non-hydrogen) atoms. The number of hydrogen-bond acceptors (Lipinski definition) is 8. The molecule has 1 aromatic heterocycles.